The van der Waals surface area contributed by atoms with Gasteiger partial charge in [-0.05, 0) is 42.8 Å². The quantitative estimate of drug-likeness (QED) is 0.663. The van der Waals surface area contributed by atoms with E-state index >= 15 is 0 Å². The van der Waals surface area contributed by atoms with Crippen molar-refractivity contribution in [2.24, 2.45) is 0 Å². The highest BCUT2D eigenvalue weighted by molar-refractivity contribution is 9.10. The van der Waals surface area contributed by atoms with Gasteiger partial charge in [-0.3, -0.25) is 4.72 Å². The average molecular weight is 419 g/mol. The van der Waals surface area contributed by atoms with Crippen molar-refractivity contribution in [3.8, 4) is 0 Å². The molecular weight excluding hydrogens is 400 g/mol. The number of benzene rings is 3. The molecule has 0 aliphatic carbocycles. The number of fused-ring (bicyclic) bond motifs is 1. The minimum atomic E-state index is -3.70. The summed E-state index contributed by atoms with van der Waals surface area (Å²) in [5.41, 5.74) is 2.41. The summed E-state index contributed by atoms with van der Waals surface area (Å²) in [5, 5.41) is 1.61. The SMILES string of the molecule is Cc1cc(Br)ccc1NS(=O)(=O)c1cccc2c(N(C)C)cccc12. The van der Waals surface area contributed by atoms with Crippen LogP contribution in [0, 0.1) is 6.92 Å². The van der Waals surface area contributed by atoms with Crippen LogP contribution in [0.25, 0.3) is 10.8 Å². The van der Waals surface area contributed by atoms with Crippen LogP contribution < -0.4 is 9.62 Å². The first-order valence-electron chi connectivity index (χ1n) is 7.77. The molecule has 0 atom stereocenters. The molecular formula is C19H19BrN2O2S. The molecule has 0 fully saturated rings. The molecule has 3 rings (SSSR count). The van der Waals surface area contributed by atoms with Gasteiger partial charge in [0, 0.05) is 35.0 Å². The lowest BCUT2D eigenvalue weighted by Crippen LogP contribution is -2.15. The summed E-state index contributed by atoms with van der Waals surface area (Å²) >= 11 is 3.39. The van der Waals surface area contributed by atoms with Crippen molar-refractivity contribution in [2.45, 2.75) is 11.8 Å². The van der Waals surface area contributed by atoms with Gasteiger partial charge in [-0.15, -0.1) is 0 Å². The van der Waals surface area contributed by atoms with Crippen LogP contribution in [-0.4, -0.2) is 22.5 Å². The van der Waals surface area contributed by atoms with Gasteiger partial charge in [0.05, 0.1) is 10.6 Å². The number of halogens is 1. The van der Waals surface area contributed by atoms with E-state index in [1.807, 2.05) is 62.3 Å². The number of aryl methyl sites for hydroxylation is 1. The van der Waals surface area contributed by atoms with E-state index in [-0.39, 0.29) is 4.90 Å². The van der Waals surface area contributed by atoms with Crippen molar-refractivity contribution in [3.05, 3.63) is 64.6 Å². The first-order chi connectivity index (χ1) is 11.8. The molecule has 0 bridgehead atoms. The number of hydrogen-bond acceptors (Lipinski definition) is 3. The van der Waals surface area contributed by atoms with Crippen LogP contribution >= 0.6 is 15.9 Å². The van der Waals surface area contributed by atoms with E-state index in [1.165, 1.54) is 0 Å². The summed E-state index contributed by atoms with van der Waals surface area (Å²) in [6.45, 7) is 1.87. The maximum absolute atomic E-state index is 13.0. The Morgan fingerprint density at radius 1 is 0.960 bits per heavy atom. The molecule has 0 amide bonds. The number of rotatable bonds is 4. The minimum absolute atomic E-state index is 0.274. The molecule has 6 heteroatoms. The predicted molar refractivity (Wildman–Crippen MR) is 108 cm³/mol. The van der Waals surface area contributed by atoms with Gasteiger partial charge in [0.25, 0.3) is 10.0 Å². The monoisotopic (exact) mass is 418 g/mol. The highest BCUT2D eigenvalue weighted by atomic mass is 79.9. The zero-order chi connectivity index (χ0) is 18.2. The zero-order valence-electron chi connectivity index (χ0n) is 14.2. The molecule has 0 saturated heterocycles. The van der Waals surface area contributed by atoms with Crippen LogP contribution in [0.1, 0.15) is 5.56 Å². The molecule has 0 heterocycles. The first-order valence-corrected chi connectivity index (χ1v) is 10.1. The molecule has 0 spiro atoms. The smallest absolute Gasteiger partial charge is 0.262 e. The Bertz CT molecular complexity index is 1050. The Morgan fingerprint density at radius 2 is 1.64 bits per heavy atom. The fraction of sp³-hybridized carbons (Fsp3) is 0.158. The molecule has 0 aromatic heterocycles. The lowest BCUT2D eigenvalue weighted by atomic mass is 10.1. The summed E-state index contributed by atoms with van der Waals surface area (Å²) < 4.78 is 29.6. The molecule has 1 N–H and O–H groups in total. The third-order valence-electron chi connectivity index (χ3n) is 4.06. The Kier molecular flexibility index (Phi) is 4.75. The summed E-state index contributed by atoms with van der Waals surface area (Å²) in [6, 6.07) is 16.5. The Morgan fingerprint density at radius 3 is 2.32 bits per heavy atom. The van der Waals surface area contributed by atoms with Crippen molar-refractivity contribution in [1.82, 2.24) is 0 Å². The van der Waals surface area contributed by atoms with E-state index in [2.05, 4.69) is 20.7 Å². The minimum Gasteiger partial charge on any atom is -0.377 e. The van der Waals surface area contributed by atoms with E-state index in [0.29, 0.717) is 11.1 Å². The van der Waals surface area contributed by atoms with Crippen LogP contribution in [0.15, 0.2) is 64.0 Å². The molecule has 0 saturated carbocycles. The van der Waals surface area contributed by atoms with Gasteiger partial charge in [-0.2, -0.15) is 0 Å². The Hall–Kier alpha value is -2.05. The van der Waals surface area contributed by atoms with Crippen molar-refractivity contribution in [1.29, 1.82) is 0 Å². The molecule has 3 aromatic rings. The maximum Gasteiger partial charge on any atom is 0.262 e. The van der Waals surface area contributed by atoms with Crippen LogP contribution in [0.4, 0.5) is 11.4 Å². The maximum atomic E-state index is 13.0. The largest absolute Gasteiger partial charge is 0.377 e. The summed E-state index contributed by atoms with van der Waals surface area (Å²) in [4.78, 5) is 2.25. The second kappa shape index (κ2) is 6.69. The fourth-order valence-electron chi connectivity index (χ4n) is 2.83. The Labute approximate surface area is 156 Å². The Balaban J connectivity index is 2.13. The van der Waals surface area contributed by atoms with Gasteiger partial charge in [0.15, 0.2) is 0 Å². The summed E-state index contributed by atoms with van der Waals surface area (Å²) in [7, 11) is 0.186. The summed E-state index contributed by atoms with van der Waals surface area (Å²) in [5.74, 6) is 0. The van der Waals surface area contributed by atoms with Gasteiger partial charge in [0.2, 0.25) is 0 Å². The zero-order valence-corrected chi connectivity index (χ0v) is 16.6. The predicted octanol–water partition coefficient (Wildman–Crippen LogP) is 4.78. The molecule has 130 valence electrons. The number of hydrogen-bond donors (Lipinski definition) is 1. The van der Waals surface area contributed by atoms with Crippen LogP contribution in [0.3, 0.4) is 0 Å². The number of nitrogens with zero attached hydrogens (tertiary/aromatic N) is 1. The highest BCUT2D eigenvalue weighted by Crippen LogP contribution is 2.31. The third-order valence-corrected chi connectivity index (χ3v) is 5.98. The van der Waals surface area contributed by atoms with Crippen LogP contribution in [0.5, 0.6) is 0 Å². The van der Waals surface area contributed by atoms with Gasteiger partial charge in [0.1, 0.15) is 0 Å². The van der Waals surface area contributed by atoms with Crippen LogP contribution in [0.2, 0.25) is 0 Å². The average Bonchev–Trinajstić information content (AvgIpc) is 2.56. The van der Waals surface area contributed by atoms with Gasteiger partial charge >= 0.3 is 0 Å². The molecule has 0 aliphatic rings. The van der Waals surface area contributed by atoms with Crippen molar-refractivity contribution >= 4 is 48.1 Å². The van der Waals surface area contributed by atoms with E-state index in [9.17, 15) is 8.42 Å². The standard InChI is InChI=1S/C19H19BrN2O2S/c1-13-12-14(20)10-11-17(13)21-25(23,24)19-9-5-6-15-16(19)7-4-8-18(15)22(2)3/h4-12,21H,1-3H3. The van der Waals surface area contributed by atoms with E-state index < -0.39 is 10.0 Å². The molecule has 0 aliphatic heterocycles. The van der Waals surface area contributed by atoms with Gasteiger partial charge in [-0.25, -0.2) is 8.42 Å². The second-order valence-corrected chi connectivity index (χ2v) is 8.65. The summed E-state index contributed by atoms with van der Waals surface area (Å²) in [6.07, 6.45) is 0. The molecule has 0 radical (unpaired) electrons. The lowest BCUT2D eigenvalue weighted by molar-refractivity contribution is 0.602. The van der Waals surface area contributed by atoms with E-state index in [1.54, 1.807) is 18.2 Å². The van der Waals surface area contributed by atoms with E-state index in [0.717, 1.165) is 21.1 Å². The normalized spacial score (nSPS) is 11.5. The lowest BCUT2D eigenvalue weighted by Gasteiger charge is -2.17. The van der Waals surface area contributed by atoms with Crippen LogP contribution in [-0.2, 0) is 10.0 Å². The molecule has 3 aromatic carbocycles. The second-order valence-electron chi connectivity index (χ2n) is 6.09. The molecule has 25 heavy (non-hydrogen) atoms. The number of anilines is 2. The fourth-order valence-corrected chi connectivity index (χ4v) is 4.66. The molecule has 4 nitrogen and oxygen atoms in total. The number of sulfonamides is 1. The topological polar surface area (TPSA) is 49.4 Å². The third kappa shape index (κ3) is 3.50. The molecule has 0 unspecified atom stereocenters. The van der Waals surface area contributed by atoms with Gasteiger partial charge < -0.3 is 4.90 Å². The van der Waals surface area contributed by atoms with Crippen molar-refractivity contribution in [3.63, 3.8) is 0 Å². The number of nitrogens with one attached hydrogen (secondary N) is 1. The first kappa shape index (κ1) is 17.8. The highest BCUT2D eigenvalue weighted by Gasteiger charge is 2.19. The van der Waals surface area contributed by atoms with Gasteiger partial charge in [-0.1, -0.05) is 40.2 Å². The van der Waals surface area contributed by atoms with Crippen molar-refractivity contribution in [2.75, 3.05) is 23.7 Å². The van der Waals surface area contributed by atoms with Crippen molar-refractivity contribution < 1.29 is 8.42 Å². The van der Waals surface area contributed by atoms with E-state index in [4.69, 9.17) is 0 Å².